The highest BCUT2D eigenvalue weighted by molar-refractivity contribution is 7.89. The van der Waals surface area contributed by atoms with E-state index in [1.54, 1.807) is 36.2 Å². The van der Waals surface area contributed by atoms with E-state index < -0.39 is 9.84 Å². The summed E-state index contributed by atoms with van der Waals surface area (Å²) in [4.78, 5) is 16.2. The van der Waals surface area contributed by atoms with Gasteiger partial charge in [-0.05, 0) is 35.4 Å². The van der Waals surface area contributed by atoms with Crippen LogP contribution in [0.2, 0.25) is 0 Å². The van der Waals surface area contributed by atoms with Crippen molar-refractivity contribution < 1.29 is 13.2 Å². The standard InChI is InChI=1S/C19H24N2O3S/c1-20(2)18-11-7-15(8-12-18)13-21(3)19(22)17-9-5-16(6-10-17)14-25(4,23)24/h5-12H,13-14H2,1-4H3. The van der Waals surface area contributed by atoms with Gasteiger partial charge in [0.1, 0.15) is 0 Å². The van der Waals surface area contributed by atoms with Crippen molar-refractivity contribution in [1.82, 2.24) is 4.90 Å². The van der Waals surface area contributed by atoms with Gasteiger partial charge in [0.15, 0.2) is 9.84 Å². The van der Waals surface area contributed by atoms with Crippen LogP contribution in [0.15, 0.2) is 48.5 Å². The average Bonchev–Trinajstić information content (AvgIpc) is 2.54. The molecule has 0 radical (unpaired) electrons. The summed E-state index contributed by atoms with van der Waals surface area (Å²) in [6, 6.07) is 14.8. The van der Waals surface area contributed by atoms with Crippen LogP contribution in [0, 0.1) is 0 Å². The summed E-state index contributed by atoms with van der Waals surface area (Å²) >= 11 is 0. The monoisotopic (exact) mass is 360 g/mol. The van der Waals surface area contributed by atoms with Crippen LogP contribution in [0.5, 0.6) is 0 Å². The fourth-order valence-corrected chi connectivity index (χ4v) is 3.31. The fraction of sp³-hybridized carbons (Fsp3) is 0.316. The zero-order valence-electron chi connectivity index (χ0n) is 15.1. The highest BCUT2D eigenvalue weighted by atomic mass is 32.2. The molecule has 0 aliphatic heterocycles. The second kappa shape index (κ2) is 7.70. The first-order chi connectivity index (χ1) is 11.7. The molecule has 25 heavy (non-hydrogen) atoms. The summed E-state index contributed by atoms with van der Waals surface area (Å²) < 4.78 is 22.6. The molecule has 2 aromatic rings. The van der Waals surface area contributed by atoms with Crippen molar-refractivity contribution in [3.63, 3.8) is 0 Å². The number of carbonyl (C=O) groups is 1. The Hall–Kier alpha value is -2.34. The van der Waals surface area contributed by atoms with Crippen LogP contribution in [0.25, 0.3) is 0 Å². The van der Waals surface area contributed by atoms with Crippen LogP contribution in [-0.2, 0) is 22.1 Å². The SMILES string of the molecule is CN(Cc1ccc(N(C)C)cc1)C(=O)c1ccc(CS(C)(=O)=O)cc1. The van der Waals surface area contributed by atoms with E-state index in [9.17, 15) is 13.2 Å². The van der Waals surface area contributed by atoms with Crippen molar-refractivity contribution in [2.45, 2.75) is 12.3 Å². The van der Waals surface area contributed by atoms with Crippen molar-refractivity contribution in [3.8, 4) is 0 Å². The van der Waals surface area contributed by atoms with Crippen molar-refractivity contribution in [1.29, 1.82) is 0 Å². The van der Waals surface area contributed by atoms with Crippen molar-refractivity contribution in [3.05, 3.63) is 65.2 Å². The number of hydrogen-bond acceptors (Lipinski definition) is 4. The Labute approximate surface area is 149 Å². The van der Waals surface area contributed by atoms with Gasteiger partial charge in [-0.1, -0.05) is 24.3 Å². The summed E-state index contributed by atoms with van der Waals surface area (Å²) in [5, 5.41) is 0. The van der Waals surface area contributed by atoms with Crippen molar-refractivity contribution in [2.75, 3.05) is 32.3 Å². The molecule has 0 unspecified atom stereocenters. The molecule has 0 bridgehead atoms. The Bertz CT molecular complexity index is 826. The van der Waals surface area contributed by atoms with Gasteiger partial charge in [0.25, 0.3) is 5.91 Å². The van der Waals surface area contributed by atoms with Gasteiger partial charge in [0.05, 0.1) is 5.75 Å². The number of rotatable bonds is 6. The smallest absolute Gasteiger partial charge is 0.253 e. The molecule has 0 aliphatic carbocycles. The Morgan fingerprint density at radius 3 is 1.88 bits per heavy atom. The first-order valence-corrected chi connectivity index (χ1v) is 10.00. The molecular weight excluding hydrogens is 336 g/mol. The minimum atomic E-state index is -3.08. The summed E-state index contributed by atoms with van der Waals surface area (Å²) in [6.07, 6.45) is 1.20. The third-order valence-electron chi connectivity index (χ3n) is 3.85. The molecule has 6 heteroatoms. The van der Waals surface area contributed by atoms with E-state index in [-0.39, 0.29) is 11.7 Å². The lowest BCUT2D eigenvalue weighted by Gasteiger charge is -2.18. The van der Waals surface area contributed by atoms with E-state index in [1.165, 1.54) is 6.26 Å². The second-order valence-electron chi connectivity index (χ2n) is 6.49. The number of anilines is 1. The Kier molecular flexibility index (Phi) is 5.85. The number of hydrogen-bond donors (Lipinski definition) is 0. The molecule has 0 spiro atoms. The van der Waals surface area contributed by atoms with E-state index in [4.69, 9.17) is 0 Å². The molecule has 0 N–H and O–H groups in total. The van der Waals surface area contributed by atoms with Gasteiger partial charge in [0, 0.05) is 45.2 Å². The van der Waals surface area contributed by atoms with Crippen LogP contribution >= 0.6 is 0 Å². The average molecular weight is 360 g/mol. The maximum atomic E-state index is 12.5. The third kappa shape index (κ3) is 5.60. The predicted octanol–water partition coefficient (Wildman–Crippen LogP) is 2.57. The van der Waals surface area contributed by atoms with Gasteiger partial charge in [-0.3, -0.25) is 4.79 Å². The summed E-state index contributed by atoms with van der Waals surface area (Å²) in [5.41, 5.74) is 3.39. The van der Waals surface area contributed by atoms with Crippen LogP contribution in [-0.4, -0.2) is 46.6 Å². The van der Waals surface area contributed by atoms with Gasteiger partial charge in [-0.2, -0.15) is 0 Å². The van der Waals surface area contributed by atoms with E-state index >= 15 is 0 Å². The Morgan fingerprint density at radius 1 is 0.880 bits per heavy atom. The molecule has 1 amide bonds. The highest BCUT2D eigenvalue weighted by Crippen LogP contribution is 2.15. The lowest BCUT2D eigenvalue weighted by molar-refractivity contribution is 0.0785. The minimum absolute atomic E-state index is 0.0183. The van der Waals surface area contributed by atoms with E-state index in [2.05, 4.69) is 0 Å². The van der Waals surface area contributed by atoms with Gasteiger partial charge in [0.2, 0.25) is 0 Å². The van der Waals surface area contributed by atoms with Gasteiger partial charge < -0.3 is 9.80 Å². The van der Waals surface area contributed by atoms with Crippen LogP contribution in [0.4, 0.5) is 5.69 Å². The van der Waals surface area contributed by atoms with Crippen molar-refractivity contribution >= 4 is 21.4 Å². The zero-order chi connectivity index (χ0) is 18.6. The maximum absolute atomic E-state index is 12.5. The largest absolute Gasteiger partial charge is 0.378 e. The second-order valence-corrected chi connectivity index (χ2v) is 8.63. The molecular formula is C19H24N2O3S. The first kappa shape index (κ1) is 19.0. The third-order valence-corrected chi connectivity index (χ3v) is 4.71. The highest BCUT2D eigenvalue weighted by Gasteiger charge is 2.13. The molecule has 2 rings (SSSR count). The number of amides is 1. The van der Waals surface area contributed by atoms with Crippen LogP contribution < -0.4 is 4.90 Å². The number of benzene rings is 2. The molecule has 0 saturated carbocycles. The number of carbonyl (C=O) groups excluding carboxylic acids is 1. The van der Waals surface area contributed by atoms with Crippen LogP contribution in [0.1, 0.15) is 21.5 Å². The molecule has 5 nitrogen and oxygen atoms in total. The Morgan fingerprint density at radius 2 is 1.40 bits per heavy atom. The molecule has 0 atom stereocenters. The van der Waals surface area contributed by atoms with E-state index in [1.807, 2.05) is 43.3 Å². The number of nitrogens with zero attached hydrogens (tertiary/aromatic N) is 2. The minimum Gasteiger partial charge on any atom is -0.378 e. The number of sulfone groups is 1. The van der Waals surface area contributed by atoms with Crippen molar-refractivity contribution in [2.24, 2.45) is 0 Å². The molecule has 0 saturated heterocycles. The van der Waals surface area contributed by atoms with Gasteiger partial charge in [-0.25, -0.2) is 8.42 Å². The maximum Gasteiger partial charge on any atom is 0.253 e. The zero-order valence-corrected chi connectivity index (χ0v) is 15.9. The lowest BCUT2D eigenvalue weighted by Crippen LogP contribution is -2.26. The lowest BCUT2D eigenvalue weighted by atomic mass is 10.1. The predicted molar refractivity (Wildman–Crippen MR) is 102 cm³/mol. The fourth-order valence-electron chi connectivity index (χ4n) is 2.51. The molecule has 0 aromatic heterocycles. The van der Waals surface area contributed by atoms with Gasteiger partial charge >= 0.3 is 0 Å². The quantitative estimate of drug-likeness (QED) is 0.794. The summed E-state index contributed by atoms with van der Waals surface area (Å²) in [6.45, 7) is 0.512. The first-order valence-electron chi connectivity index (χ1n) is 7.94. The summed E-state index contributed by atoms with van der Waals surface area (Å²) in [7, 11) is 2.65. The van der Waals surface area contributed by atoms with E-state index in [0.717, 1.165) is 11.3 Å². The topological polar surface area (TPSA) is 57.7 Å². The molecule has 0 fully saturated rings. The molecule has 134 valence electrons. The Balaban J connectivity index is 2.04. The molecule has 0 heterocycles. The molecule has 2 aromatic carbocycles. The van der Waals surface area contributed by atoms with Gasteiger partial charge in [-0.15, -0.1) is 0 Å². The summed E-state index contributed by atoms with van der Waals surface area (Å²) in [5.74, 6) is -0.113. The molecule has 0 aliphatic rings. The van der Waals surface area contributed by atoms with Crippen LogP contribution in [0.3, 0.4) is 0 Å². The normalized spacial score (nSPS) is 11.2. The van der Waals surface area contributed by atoms with E-state index in [0.29, 0.717) is 17.7 Å².